The maximum Gasteiger partial charge on any atom is 0.534 e. The van der Waals surface area contributed by atoms with Gasteiger partial charge in [0.2, 0.25) is 0 Å². The Hall–Kier alpha value is -6.07. The SMILES string of the molecule is Cc1ccc(-c2c(-c3ccc(C)cc3)c(-c3ccc(C)cc3)c3cc(C)ccc3c2-c2cc3n(c2)[B-](F)(F)n2cccc2[C+]3c2c(C)cc(C)cc2C)cc1. The summed E-state index contributed by atoms with van der Waals surface area (Å²) in [6, 6.07) is 42.7. The van der Waals surface area contributed by atoms with Crippen molar-refractivity contribution in [3.63, 3.8) is 0 Å². The summed E-state index contributed by atoms with van der Waals surface area (Å²) < 4.78 is 36.5. The molecule has 8 aromatic rings. The molecule has 0 amide bonds. The third kappa shape index (κ3) is 5.56. The predicted molar refractivity (Wildman–Crippen MR) is 227 cm³/mol. The molecule has 0 N–H and O–H groups in total. The normalized spacial score (nSPS) is 13.3. The molecule has 5 heteroatoms. The monoisotopic (exact) mass is 720 g/mol. The fourth-order valence-corrected chi connectivity index (χ4v) is 8.99. The smallest absolute Gasteiger partial charge is 0.437 e. The van der Waals surface area contributed by atoms with Crippen LogP contribution in [0.3, 0.4) is 0 Å². The molecule has 0 aliphatic carbocycles. The first-order valence-electron chi connectivity index (χ1n) is 19.1. The molecule has 1 aliphatic heterocycles. The minimum Gasteiger partial charge on any atom is -0.437 e. The molecule has 0 spiro atoms. The second kappa shape index (κ2) is 12.8. The van der Waals surface area contributed by atoms with Gasteiger partial charge in [0.05, 0.1) is 17.0 Å². The maximum absolute atomic E-state index is 17.0. The number of benzene rings is 6. The number of hydrogen-bond donors (Lipinski definition) is 0. The van der Waals surface area contributed by atoms with Crippen LogP contribution in [0.2, 0.25) is 0 Å². The second-order valence-electron chi connectivity index (χ2n) is 15.7. The minimum atomic E-state index is -4.19. The molecule has 0 saturated heterocycles. The van der Waals surface area contributed by atoms with Gasteiger partial charge in [-0.1, -0.05) is 113 Å². The van der Waals surface area contributed by atoms with Crippen LogP contribution in [-0.4, -0.2) is 15.9 Å². The van der Waals surface area contributed by atoms with Gasteiger partial charge in [0.15, 0.2) is 0 Å². The molecule has 0 saturated carbocycles. The van der Waals surface area contributed by atoms with Crippen LogP contribution in [0.4, 0.5) is 8.63 Å². The van der Waals surface area contributed by atoms with E-state index in [9.17, 15) is 0 Å². The van der Waals surface area contributed by atoms with Crippen LogP contribution in [0.15, 0.2) is 134 Å². The summed E-state index contributed by atoms with van der Waals surface area (Å²) >= 11 is 0. The van der Waals surface area contributed by atoms with Gasteiger partial charge in [-0.2, -0.15) is 0 Å². The standard InChI is InChI=1S/C50H43BF2N2/c1-30-10-17-37(18-11-30)46-42-27-33(4)16-23-41(42)47(49(39-21-14-32(3)15-22-39)48(46)38-19-12-31(2)13-20-38)40-28-44-50(45-35(6)25-34(5)26-36(45)7)43-9-8-24-54(43)51(52,53)55(44)29-40/h8-29H,1-7H3. The first kappa shape index (κ1) is 34.7. The molecular weight excluding hydrogens is 677 g/mol. The Bertz CT molecular complexity index is 2760. The molecule has 1 aliphatic rings. The first-order chi connectivity index (χ1) is 26.4. The Labute approximate surface area is 322 Å². The van der Waals surface area contributed by atoms with Crippen LogP contribution >= 0.6 is 0 Å². The van der Waals surface area contributed by atoms with Crippen molar-refractivity contribution in [2.45, 2.75) is 48.5 Å². The Morgan fingerprint density at radius 2 is 0.927 bits per heavy atom. The van der Waals surface area contributed by atoms with Gasteiger partial charge in [0.1, 0.15) is 5.92 Å². The quantitative estimate of drug-likeness (QED) is 0.124. The van der Waals surface area contributed by atoms with Gasteiger partial charge in [-0.25, -0.2) is 0 Å². The van der Waals surface area contributed by atoms with E-state index in [1.165, 1.54) is 26.3 Å². The Morgan fingerprint density at radius 1 is 0.436 bits per heavy atom. The topological polar surface area (TPSA) is 9.86 Å². The fraction of sp³-hybridized carbons (Fsp3) is 0.140. The van der Waals surface area contributed by atoms with E-state index in [1.54, 1.807) is 12.3 Å². The highest BCUT2D eigenvalue weighted by Crippen LogP contribution is 2.53. The van der Waals surface area contributed by atoms with Gasteiger partial charge < -0.3 is 17.6 Å². The number of aryl methyl sites for hydroxylation is 7. The lowest BCUT2D eigenvalue weighted by Crippen LogP contribution is -2.48. The number of rotatable bonds is 5. The van der Waals surface area contributed by atoms with Gasteiger partial charge in [-0.05, 0) is 129 Å². The zero-order valence-electron chi connectivity index (χ0n) is 32.4. The van der Waals surface area contributed by atoms with E-state index in [0.717, 1.165) is 94.6 Å². The van der Waals surface area contributed by atoms with E-state index in [4.69, 9.17) is 0 Å². The molecule has 6 aromatic carbocycles. The average Bonchev–Trinajstić information content (AvgIpc) is 3.83. The lowest BCUT2D eigenvalue weighted by molar-refractivity contribution is 0.521. The van der Waals surface area contributed by atoms with Crippen LogP contribution in [-0.2, 0) is 0 Å². The molecule has 0 unspecified atom stereocenters. The molecule has 55 heavy (non-hydrogen) atoms. The number of nitrogens with zero attached hydrogens (tertiary/aromatic N) is 2. The van der Waals surface area contributed by atoms with Crippen LogP contribution in [0.5, 0.6) is 0 Å². The van der Waals surface area contributed by atoms with Crippen molar-refractivity contribution in [2.75, 3.05) is 0 Å². The van der Waals surface area contributed by atoms with E-state index < -0.39 is 6.97 Å². The summed E-state index contributed by atoms with van der Waals surface area (Å²) in [6.45, 7) is 10.5. The van der Waals surface area contributed by atoms with E-state index in [2.05, 4.69) is 152 Å². The molecule has 0 atom stereocenters. The Kier molecular flexibility index (Phi) is 8.05. The van der Waals surface area contributed by atoms with E-state index >= 15 is 8.63 Å². The molecule has 9 rings (SSSR count). The summed E-state index contributed by atoms with van der Waals surface area (Å²) in [4.78, 5) is 0. The maximum atomic E-state index is 17.0. The lowest BCUT2D eigenvalue weighted by Gasteiger charge is -2.38. The van der Waals surface area contributed by atoms with Crippen molar-refractivity contribution in [3.8, 4) is 44.5 Å². The summed E-state index contributed by atoms with van der Waals surface area (Å²) in [5.74, 6) is 0.825. The zero-order chi connectivity index (χ0) is 38.3. The Balaban J connectivity index is 1.45. The summed E-state index contributed by atoms with van der Waals surface area (Å²) in [6.07, 6.45) is 3.24. The highest BCUT2D eigenvalue weighted by atomic mass is 19.2. The van der Waals surface area contributed by atoms with Crippen LogP contribution in [0.25, 0.3) is 55.3 Å². The van der Waals surface area contributed by atoms with Crippen molar-refractivity contribution in [3.05, 3.63) is 196 Å². The lowest BCUT2D eigenvalue weighted by atomic mass is 9.78. The molecule has 3 heterocycles. The van der Waals surface area contributed by atoms with Gasteiger partial charge in [0.25, 0.3) is 0 Å². The average molecular weight is 721 g/mol. The van der Waals surface area contributed by atoms with Gasteiger partial charge >= 0.3 is 6.97 Å². The molecular formula is C50H43BF2N2. The summed E-state index contributed by atoms with van der Waals surface area (Å²) in [7, 11) is 0. The van der Waals surface area contributed by atoms with Crippen molar-refractivity contribution in [2.24, 2.45) is 0 Å². The molecule has 2 aromatic heterocycles. The number of hydrogen-bond acceptors (Lipinski definition) is 0. The molecule has 0 fully saturated rings. The van der Waals surface area contributed by atoms with Crippen molar-refractivity contribution >= 4 is 17.7 Å². The molecule has 270 valence electrons. The molecule has 2 nitrogen and oxygen atoms in total. The number of aromatic nitrogens is 2. The molecule has 0 bridgehead atoms. The summed E-state index contributed by atoms with van der Waals surface area (Å²) in [5.41, 5.74) is 18.2. The highest BCUT2D eigenvalue weighted by molar-refractivity contribution is 6.63. The van der Waals surface area contributed by atoms with E-state index in [0.29, 0.717) is 11.4 Å². The Morgan fingerprint density at radius 3 is 1.47 bits per heavy atom. The predicted octanol–water partition coefficient (Wildman–Crippen LogP) is 13.4. The zero-order valence-corrected chi connectivity index (χ0v) is 32.4. The highest BCUT2D eigenvalue weighted by Gasteiger charge is 2.46. The number of halogens is 2. The van der Waals surface area contributed by atoms with Gasteiger partial charge in [-0.3, -0.25) is 0 Å². The molecule has 0 radical (unpaired) electrons. The van der Waals surface area contributed by atoms with Crippen molar-refractivity contribution in [1.29, 1.82) is 0 Å². The fourth-order valence-electron chi connectivity index (χ4n) is 8.99. The minimum absolute atomic E-state index is 0.524. The van der Waals surface area contributed by atoms with Crippen LogP contribution in [0, 0.1) is 54.4 Å². The first-order valence-corrected chi connectivity index (χ1v) is 19.1. The third-order valence-electron chi connectivity index (χ3n) is 11.5. The third-order valence-corrected chi connectivity index (χ3v) is 11.5. The van der Waals surface area contributed by atoms with Crippen LogP contribution < -0.4 is 0 Å². The number of fused-ring (bicyclic) bond motifs is 3. The second-order valence-corrected chi connectivity index (χ2v) is 15.7. The van der Waals surface area contributed by atoms with Gasteiger partial charge in [-0.15, -0.1) is 0 Å². The van der Waals surface area contributed by atoms with Gasteiger partial charge in [0, 0.05) is 34.4 Å². The van der Waals surface area contributed by atoms with E-state index in [-0.39, 0.29) is 0 Å². The van der Waals surface area contributed by atoms with Crippen molar-refractivity contribution in [1.82, 2.24) is 8.96 Å². The largest absolute Gasteiger partial charge is 0.534 e. The van der Waals surface area contributed by atoms with Crippen LogP contribution in [0.1, 0.15) is 55.9 Å². The van der Waals surface area contributed by atoms with E-state index in [1.807, 2.05) is 12.1 Å². The van der Waals surface area contributed by atoms with Crippen molar-refractivity contribution < 1.29 is 8.63 Å². The summed E-state index contributed by atoms with van der Waals surface area (Å²) in [5, 5.41) is 2.11.